The van der Waals surface area contributed by atoms with E-state index in [2.05, 4.69) is 16.9 Å². The molecule has 0 aliphatic carbocycles. The minimum absolute atomic E-state index is 0.0523. The molecule has 0 saturated carbocycles. The Labute approximate surface area is 123 Å². The number of para-hydroxylation sites is 1. The predicted molar refractivity (Wildman–Crippen MR) is 77.2 cm³/mol. The van der Waals surface area contributed by atoms with Gasteiger partial charge in [0.15, 0.2) is 0 Å². The van der Waals surface area contributed by atoms with E-state index in [4.69, 9.17) is 11.1 Å². The molecule has 0 aliphatic rings. The maximum Gasteiger partial charge on any atom is 0.266 e. The summed E-state index contributed by atoms with van der Waals surface area (Å²) in [6.07, 6.45) is -1.45. The van der Waals surface area contributed by atoms with Crippen molar-refractivity contribution in [1.29, 1.82) is 5.41 Å². The van der Waals surface area contributed by atoms with E-state index in [1.807, 2.05) is 0 Å². The number of hydrogen-bond donors (Lipinski definition) is 2. The summed E-state index contributed by atoms with van der Waals surface area (Å²) in [5, 5.41) is 15.6. The quantitative estimate of drug-likeness (QED) is 0.776. The lowest BCUT2D eigenvalue weighted by atomic mass is 10.2. The predicted octanol–water partition coefficient (Wildman–Crippen LogP) is 2.03. The number of halogens is 2. The van der Waals surface area contributed by atoms with Gasteiger partial charge in [0.05, 0.1) is 11.2 Å². The number of alkyl halides is 2. The second kappa shape index (κ2) is 5.06. The number of aromatic nitrogens is 4. The van der Waals surface area contributed by atoms with Crippen LogP contribution in [0.3, 0.4) is 0 Å². The normalized spacial score (nSPS) is 11.2. The van der Waals surface area contributed by atoms with Gasteiger partial charge in [-0.05, 0) is 18.2 Å². The van der Waals surface area contributed by atoms with Crippen molar-refractivity contribution >= 4 is 16.9 Å². The van der Waals surface area contributed by atoms with Gasteiger partial charge in [0.1, 0.15) is 16.8 Å². The zero-order chi connectivity index (χ0) is 15.9. The summed E-state index contributed by atoms with van der Waals surface area (Å²) in [4.78, 5) is 0. The number of fused-ring (bicyclic) bond motifs is 1. The highest BCUT2D eigenvalue weighted by molar-refractivity contribution is 5.76. The first-order chi connectivity index (χ1) is 10.5. The van der Waals surface area contributed by atoms with Crippen LogP contribution >= 0.6 is 0 Å². The fourth-order valence-electron chi connectivity index (χ4n) is 2.19. The van der Waals surface area contributed by atoms with Crippen LogP contribution in [0.5, 0.6) is 0 Å². The van der Waals surface area contributed by atoms with E-state index in [1.54, 1.807) is 24.3 Å². The number of nitrogens with zero attached hydrogens (tertiary/aromatic N) is 4. The molecule has 0 spiro atoms. The van der Waals surface area contributed by atoms with Gasteiger partial charge >= 0.3 is 0 Å². The first-order valence-corrected chi connectivity index (χ1v) is 6.34. The number of hydrogen-bond acceptors (Lipinski definition) is 4. The van der Waals surface area contributed by atoms with E-state index >= 15 is 0 Å². The van der Waals surface area contributed by atoms with Gasteiger partial charge in [0.2, 0.25) is 0 Å². The summed E-state index contributed by atoms with van der Waals surface area (Å²) in [5.41, 5.74) is 6.35. The van der Waals surface area contributed by atoms with Crippen LogP contribution in [0.4, 0.5) is 8.78 Å². The molecule has 0 radical (unpaired) electrons. The zero-order valence-corrected chi connectivity index (χ0v) is 11.4. The molecule has 8 heteroatoms. The van der Waals surface area contributed by atoms with Crippen molar-refractivity contribution in [2.75, 3.05) is 0 Å². The van der Waals surface area contributed by atoms with Crippen molar-refractivity contribution in [2.45, 2.75) is 6.43 Å². The molecule has 0 bridgehead atoms. The highest BCUT2D eigenvalue weighted by Gasteiger charge is 2.19. The largest absolute Gasteiger partial charge is 0.385 e. The molecule has 2 aromatic heterocycles. The molecule has 0 saturated heterocycles. The van der Waals surface area contributed by atoms with Gasteiger partial charge in [-0.2, -0.15) is 0 Å². The standard InChI is InChI=1S/C14H12F2N6/c1-8(17)21-7-12(9(14(15)16)6-13(21)18)22-11-5-3-2-4-10(11)19-20-22/h2-7,14,18H,1,17H2. The number of benzene rings is 1. The van der Waals surface area contributed by atoms with Gasteiger partial charge in [0.25, 0.3) is 6.43 Å². The minimum Gasteiger partial charge on any atom is -0.385 e. The maximum absolute atomic E-state index is 13.3. The first kappa shape index (κ1) is 13.9. The van der Waals surface area contributed by atoms with E-state index in [-0.39, 0.29) is 22.6 Å². The average Bonchev–Trinajstić information content (AvgIpc) is 2.90. The summed E-state index contributed by atoms with van der Waals surface area (Å²) >= 11 is 0. The van der Waals surface area contributed by atoms with Gasteiger partial charge in [-0.15, -0.1) is 5.10 Å². The van der Waals surface area contributed by atoms with Crippen LogP contribution in [0.25, 0.3) is 22.5 Å². The van der Waals surface area contributed by atoms with Crippen LogP contribution < -0.4 is 11.2 Å². The molecule has 0 aliphatic heterocycles. The molecule has 22 heavy (non-hydrogen) atoms. The number of pyridine rings is 1. The molecule has 2 heterocycles. The van der Waals surface area contributed by atoms with Crippen molar-refractivity contribution in [3.05, 3.63) is 54.2 Å². The second-order valence-electron chi connectivity index (χ2n) is 4.65. The summed E-state index contributed by atoms with van der Waals surface area (Å²) in [7, 11) is 0. The third-order valence-electron chi connectivity index (χ3n) is 3.22. The van der Waals surface area contributed by atoms with Gasteiger partial charge in [-0.25, -0.2) is 13.5 Å². The molecule has 0 atom stereocenters. The molecule has 6 nitrogen and oxygen atoms in total. The zero-order valence-electron chi connectivity index (χ0n) is 11.4. The fourth-order valence-corrected chi connectivity index (χ4v) is 2.19. The molecule has 112 valence electrons. The molecular weight excluding hydrogens is 290 g/mol. The first-order valence-electron chi connectivity index (χ1n) is 6.34. The molecular formula is C14H12F2N6. The third kappa shape index (κ3) is 2.14. The van der Waals surface area contributed by atoms with Crippen LogP contribution in [0.1, 0.15) is 12.0 Å². The van der Waals surface area contributed by atoms with Crippen molar-refractivity contribution < 1.29 is 8.78 Å². The average molecular weight is 302 g/mol. The highest BCUT2D eigenvalue weighted by atomic mass is 19.3. The highest BCUT2D eigenvalue weighted by Crippen LogP contribution is 2.26. The lowest BCUT2D eigenvalue weighted by Gasteiger charge is -2.13. The Balaban J connectivity index is 2.35. The molecule has 0 fully saturated rings. The second-order valence-corrected chi connectivity index (χ2v) is 4.65. The van der Waals surface area contributed by atoms with Gasteiger partial charge in [-0.1, -0.05) is 23.9 Å². The minimum atomic E-state index is -2.76. The van der Waals surface area contributed by atoms with E-state index < -0.39 is 6.43 Å². The van der Waals surface area contributed by atoms with E-state index in [1.165, 1.54) is 15.4 Å². The summed E-state index contributed by atoms with van der Waals surface area (Å²) in [5.74, 6) is 0.0523. The molecule has 0 amide bonds. The van der Waals surface area contributed by atoms with Crippen LogP contribution in [0.2, 0.25) is 0 Å². The van der Waals surface area contributed by atoms with Crippen molar-refractivity contribution in [3.8, 4) is 5.69 Å². The third-order valence-corrected chi connectivity index (χ3v) is 3.22. The topological polar surface area (TPSA) is 85.5 Å². The van der Waals surface area contributed by atoms with Crippen LogP contribution in [0.15, 0.2) is 43.1 Å². The van der Waals surface area contributed by atoms with Gasteiger partial charge < -0.3 is 5.73 Å². The van der Waals surface area contributed by atoms with E-state index in [0.29, 0.717) is 11.0 Å². The Hall–Kier alpha value is -3.03. The molecule has 3 N–H and O–H groups in total. The summed E-state index contributed by atoms with van der Waals surface area (Å²) in [6, 6.07) is 8.05. The Morgan fingerprint density at radius 3 is 2.73 bits per heavy atom. The fraction of sp³-hybridized carbons (Fsp3) is 0.0714. The van der Waals surface area contributed by atoms with E-state index in [9.17, 15) is 8.78 Å². The SMILES string of the molecule is C=C(N)n1cc(-n2nnc3ccccc32)c(C(F)F)cc1=N. The van der Waals surface area contributed by atoms with Crippen LogP contribution in [-0.2, 0) is 0 Å². The lowest BCUT2D eigenvalue weighted by Crippen LogP contribution is -2.24. The van der Waals surface area contributed by atoms with Gasteiger partial charge in [0, 0.05) is 11.8 Å². The van der Waals surface area contributed by atoms with Crippen molar-refractivity contribution in [1.82, 2.24) is 19.6 Å². The Morgan fingerprint density at radius 1 is 1.32 bits per heavy atom. The molecule has 0 unspecified atom stereocenters. The van der Waals surface area contributed by atoms with Crippen molar-refractivity contribution in [2.24, 2.45) is 5.73 Å². The monoisotopic (exact) mass is 302 g/mol. The van der Waals surface area contributed by atoms with Crippen LogP contribution in [0, 0.1) is 5.41 Å². The molecule has 3 aromatic rings. The summed E-state index contributed by atoms with van der Waals surface area (Å²) < 4.78 is 29.2. The van der Waals surface area contributed by atoms with Crippen molar-refractivity contribution in [3.63, 3.8) is 0 Å². The number of nitrogens with one attached hydrogen (secondary N) is 1. The van der Waals surface area contributed by atoms with Crippen LogP contribution in [-0.4, -0.2) is 19.6 Å². The molecule has 3 rings (SSSR count). The number of nitrogens with two attached hydrogens (primary N) is 1. The Morgan fingerprint density at radius 2 is 2.05 bits per heavy atom. The lowest BCUT2D eigenvalue weighted by molar-refractivity contribution is 0.150. The van der Waals surface area contributed by atoms with E-state index in [0.717, 1.165) is 6.07 Å². The maximum atomic E-state index is 13.3. The summed E-state index contributed by atoms with van der Waals surface area (Å²) in [6.45, 7) is 3.53. The smallest absolute Gasteiger partial charge is 0.266 e. The Bertz CT molecular complexity index is 924. The molecule has 1 aromatic carbocycles. The number of rotatable bonds is 3. The Kier molecular flexibility index (Phi) is 3.21. The van der Waals surface area contributed by atoms with Gasteiger partial charge in [-0.3, -0.25) is 9.98 Å².